The number of non-ortho nitro benzene ring substituents is 3. The molecule has 0 fully saturated rings. The summed E-state index contributed by atoms with van der Waals surface area (Å²) in [6.07, 6.45) is 0. The van der Waals surface area contributed by atoms with E-state index in [2.05, 4.69) is 0 Å². The fraction of sp³-hybridized carbons (Fsp3) is 0. The molecule has 139 valence electrons. The van der Waals surface area contributed by atoms with Gasteiger partial charge in [0.2, 0.25) is 0 Å². The third-order valence-corrected chi connectivity index (χ3v) is 4.04. The first-order valence-electron chi connectivity index (χ1n) is 7.98. The van der Waals surface area contributed by atoms with Gasteiger partial charge in [0.15, 0.2) is 0 Å². The molecule has 0 aliphatic carbocycles. The van der Waals surface area contributed by atoms with Crippen LogP contribution in [-0.4, -0.2) is 14.8 Å². The van der Waals surface area contributed by atoms with Gasteiger partial charge in [0.05, 0.1) is 20.7 Å². The van der Waals surface area contributed by atoms with Crippen LogP contribution in [0.3, 0.4) is 0 Å². The van der Waals surface area contributed by atoms with Crippen molar-refractivity contribution >= 4 is 17.1 Å². The van der Waals surface area contributed by atoms with Gasteiger partial charge in [-0.3, -0.25) is 30.3 Å². The summed E-state index contributed by atoms with van der Waals surface area (Å²) >= 11 is 0. The van der Waals surface area contributed by atoms with Crippen LogP contribution in [0.25, 0.3) is 0 Å². The monoisotopic (exact) mass is 378 g/mol. The Labute approximate surface area is 158 Å². The van der Waals surface area contributed by atoms with Crippen molar-refractivity contribution in [3.8, 4) is 0 Å². The zero-order valence-corrected chi connectivity index (χ0v) is 14.2. The Balaban J connectivity index is 2.22. The summed E-state index contributed by atoms with van der Waals surface area (Å²) in [6, 6.07) is 17.2. The first-order valence-corrected chi connectivity index (χ1v) is 7.98. The fourth-order valence-electron chi connectivity index (χ4n) is 2.82. The molecular formula is C19H12N3O6. The lowest BCUT2D eigenvalue weighted by molar-refractivity contribution is -0.385. The third-order valence-electron chi connectivity index (χ3n) is 4.04. The van der Waals surface area contributed by atoms with Crippen molar-refractivity contribution in [3.63, 3.8) is 0 Å². The molecule has 0 saturated carbocycles. The molecule has 0 saturated heterocycles. The van der Waals surface area contributed by atoms with Crippen LogP contribution < -0.4 is 0 Å². The van der Waals surface area contributed by atoms with Crippen molar-refractivity contribution in [3.05, 3.63) is 126 Å². The van der Waals surface area contributed by atoms with Crippen molar-refractivity contribution in [1.82, 2.24) is 0 Å². The van der Waals surface area contributed by atoms with Gasteiger partial charge in [-0.2, -0.15) is 0 Å². The van der Waals surface area contributed by atoms with Gasteiger partial charge in [-0.05, 0) is 16.7 Å². The first kappa shape index (κ1) is 18.6. The van der Waals surface area contributed by atoms with Gasteiger partial charge < -0.3 is 0 Å². The van der Waals surface area contributed by atoms with Gasteiger partial charge in [-0.25, -0.2) is 0 Å². The van der Waals surface area contributed by atoms with Crippen LogP contribution in [0, 0.1) is 36.3 Å². The molecule has 0 aliphatic rings. The van der Waals surface area contributed by atoms with Crippen molar-refractivity contribution in [2.45, 2.75) is 0 Å². The maximum absolute atomic E-state index is 11.2. The molecule has 0 amide bonds. The Morgan fingerprint density at radius 3 is 1.07 bits per heavy atom. The van der Waals surface area contributed by atoms with Gasteiger partial charge in [-0.1, -0.05) is 36.4 Å². The molecule has 3 rings (SSSR count). The average Bonchev–Trinajstić information content (AvgIpc) is 2.69. The molecular weight excluding hydrogens is 366 g/mol. The van der Waals surface area contributed by atoms with Crippen LogP contribution in [0.1, 0.15) is 16.7 Å². The summed E-state index contributed by atoms with van der Waals surface area (Å²) in [6.45, 7) is 0. The predicted octanol–water partition coefficient (Wildman–Crippen LogP) is 4.43. The summed E-state index contributed by atoms with van der Waals surface area (Å²) in [5.74, 6) is 0.413. The summed E-state index contributed by atoms with van der Waals surface area (Å²) in [7, 11) is 0. The highest BCUT2D eigenvalue weighted by Crippen LogP contribution is 2.35. The SMILES string of the molecule is O=[N+]([O-])c1cccc([C](c2cccc([N+](=O)[O-])c2)c2cccc([N+](=O)[O-])c2)c1. The van der Waals surface area contributed by atoms with Crippen LogP contribution in [0.4, 0.5) is 17.1 Å². The zero-order chi connectivity index (χ0) is 20.3. The molecule has 0 heterocycles. The second-order valence-electron chi connectivity index (χ2n) is 5.80. The second kappa shape index (κ2) is 7.62. The fourth-order valence-corrected chi connectivity index (χ4v) is 2.82. The van der Waals surface area contributed by atoms with E-state index in [0.717, 1.165) is 0 Å². The number of nitro groups is 3. The van der Waals surface area contributed by atoms with E-state index >= 15 is 0 Å². The van der Waals surface area contributed by atoms with Gasteiger partial charge in [0.1, 0.15) is 0 Å². The van der Waals surface area contributed by atoms with E-state index in [9.17, 15) is 30.3 Å². The Bertz CT molecular complexity index is 946. The zero-order valence-electron chi connectivity index (χ0n) is 14.2. The maximum Gasteiger partial charge on any atom is 0.269 e. The lowest BCUT2D eigenvalue weighted by Gasteiger charge is -2.17. The molecule has 9 heteroatoms. The second-order valence-corrected chi connectivity index (χ2v) is 5.80. The van der Waals surface area contributed by atoms with Crippen molar-refractivity contribution in [2.24, 2.45) is 0 Å². The number of nitro benzene ring substituents is 3. The molecule has 0 atom stereocenters. The molecule has 9 nitrogen and oxygen atoms in total. The van der Waals surface area contributed by atoms with Crippen molar-refractivity contribution in [1.29, 1.82) is 0 Å². The lowest BCUT2D eigenvalue weighted by atomic mass is 9.84. The largest absolute Gasteiger partial charge is 0.269 e. The van der Waals surface area contributed by atoms with Crippen LogP contribution in [0.5, 0.6) is 0 Å². The van der Waals surface area contributed by atoms with Gasteiger partial charge in [0.25, 0.3) is 17.1 Å². The number of hydrogen-bond acceptors (Lipinski definition) is 6. The summed E-state index contributed by atoms with van der Waals surface area (Å²) in [5.41, 5.74) is 0.753. The van der Waals surface area contributed by atoms with Gasteiger partial charge in [0, 0.05) is 36.4 Å². The smallest absolute Gasteiger partial charge is 0.258 e. The number of nitrogens with zero attached hydrogens (tertiary/aromatic N) is 3. The Kier molecular flexibility index (Phi) is 5.07. The molecule has 3 aromatic carbocycles. The predicted molar refractivity (Wildman–Crippen MR) is 99.8 cm³/mol. The summed E-state index contributed by atoms with van der Waals surface area (Å²) in [5, 5.41) is 33.5. The van der Waals surface area contributed by atoms with E-state index in [1.807, 2.05) is 0 Å². The Morgan fingerprint density at radius 2 is 0.821 bits per heavy atom. The standard InChI is InChI=1S/C19H12N3O6/c23-20(24)16-7-1-4-13(10-16)19(14-5-2-8-17(11-14)21(25)26)15-6-3-9-18(12-15)22(27)28/h1-12H. The van der Waals surface area contributed by atoms with Gasteiger partial charge >= 0.3 is 0 Å². The van der Waals surface area contributed by atoms with Crippen LogP contribution in [0.2, 0.25) is 0 Å². The number of benzene rings is 3. The maximum atomic E-state index is 11.2. The van der Waals surface area contributed by atoms with Crippen LogP contribution in [0.15, 0.2) is 72.8 Å². The van der Waals surface area contributed by atoms with E-state index in [4.69, 9.17) is 0 Å². The highest BCUT2D eigenvalue weighted by molar-refractivity contribution is 5.62. The lowest BCUT2D eigenvalue weighted by Crippen LogP contribution is -2.06. The van der Waals surface area contributed by atoms with E-state index in [1.165, 1.54) is 54.6 Å². The Hall–Kier alpha value is -4.14. The van der Waals surface area contributed by atoms with E-state index in [-0.39, 0.29) is 17.1 Å². The van der Waals surface area contributed by atoms with Crippen molar-refractivity contribution < 1.29 is 14.8 Å². The summed E-state index contributed by atoms with van der Waals surface area (Å²) < 4.78 is 0. The quantitative estimate of drug-likeness (QED) is 0.354. The number of rotatable bonds is 6. The molecule has 1 radical (unpaired) electrons. The van der Waals surface area contributed by atoms with Crippen molar-refractivity contribution in [2.75, 3.05) is 0 Å². The molecule has 28 heavy (non-hydrogen) atoms. The van der Waals surface area contributed by atoms with Gasteiger partial charge in [-0.15, -0.1) is 0 Å². The minimum Gasteiger partial charge on any atom is -0.258 e. The molecule has 0 N–H and O–H groups in total. The molecule has 3 aromatic rings. The van der Waals surface area contributed by atoms with Crippen LogP contribution in [-0.2, 0) is 0 Å². The number of hydrogen-bond donors (Lipinski definition) is 0. The molecule has 0 bridgehead atoms. The minimum atomic E-state index is -0.554. The highest BCUT2D eigenvalue weighted by atomic mass is 16.6. The topological polar surface area (TPSA) is 129 Å². The molecule has 0 spiro atoms. The highest BCUT2D eigenvalue weighted by Gasteiger charge is 2.23. The summed E-state index contributed by atoms with van der Waals surface area (Å²) in [4.78, 5) is 31.8. The minimum absolute atomic E-state index is 0.161. The van der Waals surface area contributed by atoms with E-state index in [1.54, 1.807) is 18.2 Å². The molecule has 0 aromatic heterocycles. The molecule has 0 aliphatic heterocycles. The van der Waals surface area contributed by atoms with E-state index in [0.29, 0.717) is 22.6 Å². The van der Waals surface area contributed by atoms with E-state index < -0.39 is 14.8 Å². The normalized spacial score (nSPS) is 10.6. The molecule has 0 unspecified atom stereocenters. The Morgan fingerprint density at radius 1 is 0.536 bits per heavy atom. The average molecular weight is 378 g/mol. The first-order chi connectivity index (χ1) is 13.4. The van der Waals surface area contributed by atoms with Crippen LogP contribution >= 0.6 is 0 Å². The third kappa shape index (κ3) is 3.83.